The molecule has 0 aliphatic rings. The Kier molecular flexibility index (Phi) is 7.29. The van der Waals surface area contributed by atoms with Crippen LogP contribution in [0.25, 0.3) is 0 Å². The van der Waals surface area contributed by atoms with Crippen LogP contribution in [0.5, 0.6) is 17.2 Å². The van der Waals surface area contributed by atoms with E-state index in [0.717, 1.165) is 5.56 Å². The fourth-order valence-electron chi connectivity index (χ4n) is 2.54. The molecule has 140 valence electrons. The first-order valence-electron chi connectivity index (χ1n) is 8.42. The van der Waals surface area contributed by atoms with E-state index in [1.54, 1.807) is 33.3 Å². The van der Waals surface area contributed by atoms with Crippen LogP contribution in [0.4, 0.5) is 0 Å². The van der Waals surface area contributed by atoms with Gasteiger partial charge in [-0.2, -0.15) is 0 Å². The van der Waals surface area contributed by atoms with Crippen molar-refractivity contribution in [3.05, 3.63) is 53.6 Å². The topological polar surface area (TPSA) is 80.0 Å². The van der Waals surface area contributed by atoms with Crippen molar-refractivity contribution in [2.45, 2.75) is 26.0 Å². The van der Waals surface area contributed by atoms with Gasteiger partial charge < -0.3 is 24.7 Å². The molecule has 0 saturated heterocycles. The summed E-state index contributed by atoms with van der Waals surface area (Å²) in [6.45, 7) is 2.44. The van der Waals surface area contributed by atoms with E-state index < -0.39 is 6.04 Å². The fourth-order valence-corrected chi connectivity index (χ4v) is 2.54. The first-order chi connectivity index (χ1) is 12.6. The summed E-state index contributed by atoms with van der Waals surface area (Å²) in [6, 6.07) is 12.7. The van der Waals surface area contributed by atoms with Crippen LogP contribution in [0.1, 0.15) is 30.5 Å². The number of ether oxygens (including phenoxy) is 4. The monoisotopic (exact) mass is 359 g/mol. The second kappa shape index (κ2) is 9.68. The average molecular weight is 359 g/mol. The van der Waals surface area contributed by atoms with Gasteiger partial charge in [0, 0.05) is 17.7 Å². The molecule has 2 aromatic carbocycles. The zero-order chi connectivity index (χ0) is 18.9. The van der Waals surface area contributed by atoms with Crippen molar-refractivity contribution >= 4 is 5.97 Å². The largest absolute Gasteiger partial charge is 0.493 e. The van der Waals surface area contributed by atoms with E-state index in [4.69, 9.17) is 24.7 Å². The van der Waals surface area contributed by atoms with Gasteiger partial charge in [-0.15, -0.1) is 0 Å². The van der Waals surface area contributed by atoms with Crippen LogP contribution < -0.4 is 19.9 Å². The van der Waals surface area contributed by atoms with Crippen molar-refractivity contribution in [1.82, 2.24) is 0 Å². The van der Waals surface area contributed by atoms with E-state index in [-0.39, 0.29) is 12.4 Å². The molecule has 0 amide bonds. The molecule has 2 N–H and O–H groups in total. The van der Waals surface area contributed by atoms with E-state index in [1.165, 1.54) is 0 Å². The molecule has 0 unspecified atom stereocenters. The molecule has 0 spiro atoms. The molecule has 2 rings (SSSR count). The Bertz CT molecular complexity index is 718. The van der Waals surface area contributed by atoms with Crippen molar-refractivity contribution in [2.24, 2.45) is 5.73 Å². The standard InChI is InChI=1S/C20H25NO5/c1-4-25-20(22)11-16(21)15-10-18(23-2)19(24-3)12-17(15)26-13-14-8-6-5-7-9-14/h5-10,12,16H,4,11,13,21H2,1-3H3/t16-/m1/s1. The summed E-state index contributed by atoms with van der Waals surface area (Å²) >= 11 is 0. The lowest BCUT2D eigenvalue weighted by molar-refractivity contribution is -0.143. The lowest BCUT2D eigenvalue weighted by Crippen LogP contribution is -2.18. The first kappa shape index (κ1) is 19.6. The minimum absolute atomic E-state index is 0.0466. The summed E-state index contributed by atoms with van der Waals surface area (Å²) in [5.41, 5.74) is 7.91. The van der Waals surface area contributed by atoms with Crippen LogP contribution in [-0.4, -0.2) is 26.8 Å². The number of carbonyl (C=O) groups excluding carboxylic acids is 1. The fraction of sp³-hybridized carbons (Fsp3) is 0.350. The number of methoxy groups -OCH3 is 2. The zero-order valence-electron chi connectivity index (χ0n) is 15.4. The molecule has 6 nitrogen and oxygen atoms in total. The van der Waals surface area contributed by atoms with E-state index in [2.05, 4.69) is 0 Å². The van der Waals surface area contributed by atoms with Crippen molar-refractivity contribution in [2.75, 3.05) is 20.8 Å². The molecule has 0 radical (unpaired) electrons. The smallest absolute Gasteiger partial charge is 0.307 e. The number of benzene rings is 2. The summed E-state index contributed by atoms with van der Waals surface area (Å²) in [4.78, 5) is 11.8. The van der Waals surface area contributed by atoms with E-state index >= 15 is 0 Å². The third kappa shape index (κ3) is 5.13. The Morgan fingerprint density at radius 1 is 1.04 bits per heavy atom. The van der Waals surface area contributed by atoms with Gasteiger partial charge >= 0.3 is 5.97 Å². The molecule has 0 bridgehead atoms. The molecule has 0 aromatic heterocycles. The highest BCUT2D eigenvalue weighted by Crippen LogP contribution is 2.38. The molecule has 2 aromatic rings. The highest BCUT2D eigenvalue weighted by atomic mass is 16.5. The van der Waals surface area contributed by atoms with Crippen molar-refractivity contribution in [3.8, 4) is 17.2 Å². The molecule has 0 fully saturated rings. The van der Waals surface area contributed by atoms with Crippen LogP contribution >= 0.6 is 0 Å². The molecule has 0 aliphatic heterocycles. The maximum Gasteiger partial charge on any atom is 0.307 e. The second-order valence-electron chi connectivity index (χ2n) is 5.63. The normalized spacial score (nSPS) is 11.5. The highest BCUT2D eigenvalue weighted by molar-refractivity contribution is 5.71. The van der Waals surface area contributed by atoms with Gasteiger partial charge in [0.2, 0.25) is 0 Å². The number of esters is 1. The Morgan fingerprint density at radius 3 is 2.31 bits per heavy atom. The summed E-state index contributed by atoms with van der Waals surface area (Å²) in [7, 11) is 3.10. The SMILES string of the molecule is CCOC(=O)C[C@@H](N)c1cc(OC)c(OC)cc1OCc1ccccc1. The molecular formula is C20H25NO5. The lowest BCUT2D eigenvalue weighted by Gasteiger charge is -2.19. The number of nitrogens with two attached hydrogens (primary N) is 1. The number of hydrogen-bond donors (Lipinski definition) is 1. The maximum atomic E-state index is 11.8. The van der Waals surface area contributed by atoms with Crippen molar-refractivity contribution < 1.29 is 23.7 Å². The van der Waals surface area contributed by atoms with Gasteiger partial charge in [0.05, 0.1) is 27.2 Å². The van der Waals surface area contributed by atoms with Crippen LogP contribution in [-0.2, 0) is 16.1 Å². The third-order valence-electron chi connectivity index (χ3n) is 3.84. The number of rotatable bonds is 9. The molecule has 26 heavy (non-hydrogen) atoms. The van der Waals surface area contributed by atoms with Gasteiger partial charge in [0.15, 0.2) is 11.5 Å². The van der Waals surface area contributed by atoms with Crippen molar-refractivity contribution in [1.29, 1.82) is 0 Å². The van der Waals surface area contributed by atoms with Crippen LogP contribution in [0.2, 0.25) is 0 Å². The summed E-state index contributed by atoms with van der Waals surface area (Å²) < 4.78 is 21.6. The third-order valence-corrected chi connectivity index (χ3v) is 3.84. The predicted octanol–water partition coefficient (Wildman–Crippen LogP) is 3.24. The maximum absolute atomic E-state index is 11.8. The van der Waals surface area contributed by atoms with Crippen LogP contribution in [0, 0.1) is 0 Å². The Hall–Kier alpha value is -2.73. The Balaban J connectivity index is 2.28. The quantitative estimate of drug-likeness (QED) is 0.693. The summed E-state index contributed by atoms with van der Waals surface area (Å²) in [6.07, 6.45) is 0.0466. The predicted molar refractivity (Wildman–Crippen MR) is 98.5 cm³/mol. The van der Waals surface area contributed by atoms with Crippen LogP contribution in [0.15, 0.2) is 42.5 Å². The molecular weight excluding hydrogens is 334 g/mol. The molecule has 0 saturated carbocycles. The van der Waals surface area contributed by atoms with E-state index in [9.17, 15) is 4.79 Å². The van der Waals surface area contributed by atoms with Gasteiger partial charge in [-0.05, 0) is 18.6 Å². The van der Waals surface area contributed by atoms with Gasteiger partial charge in [-0.3, -0.25) is 4.79 Å². The van der Waals surface area contributed by atoms with Gasteiger partial charge in [-0.25, -0.2) is 0 Å². The van der Waals surface area contributed by atoms with Gasteiger partial charge in [0.25, 0.3) is 0 Å². The average Bonchev–Trinajstić information content (AvgIpc) is 2.66. The molecule has 0 aliphatic carbocycles. The first-order valence-corrected chi connectivity index (χ1v) is 8.42. The van der Waals surface area contributed by atoms with Crippen LogP contribution in [0.3, 0.4) is 0 Å². The Labute approximate surface area is 153 Å². The Morgan fingerprint density at radius 2 is 1.69 bits per heavy atom. The number of hydrogen-bond acceptors (Lipinski definition) is 6. The molecule has 6 heteroatoms. The molecule has 1 atom stereocenters. The van der Waals surface area contributed by atoms with E-state index in [1.807, 2.05) is 30.3 Å². The van der Waals surface area contributed by atoms with Gasteiger partial charge in [0.1, 0.15) is 12.4 Å². The molecule has 0 heterocycles. The highest BCUT2D eigenvalue weighted by Gasteiger charge is 2.20. The van der Waals surface area contributed by atoms with E-state index in [0.29, 0.717) is 36.0 Å². The summed E-state index contributed by atoms with van der Waals surface area (Å²) in [5, 5.41) is 0. The zero-order valence-corrected chi connectivity index (χ0v) is 15.4. The summed E-state index contributed by atoms with van der Waals surface area (Å²) in [5.74, 6) is 1.24. The van der Waals surface area contributed by atoms with Gasteiger partial charge in [-0.1, -0.05) is 30.3 Å². The second-order valence-corrected chi connectivity index (χ2v) is 5.63. The minimum atomic E-state index is -0.584. The minimum Gasteiger partial charge on any atom is -0.493 e. The lowest BCUT2D eigenvalue weighted by atomic mass is 10.0. The number of carbonyl (C=O) groups is 1. The van der Waals surface area contributed by atoms with Crippen molar-refractivity contribution in [3.63, 3.8) is 0 Å².